The Labute approximate surface area is 152 Å². The lowest BCUT2D eigenvalue weighted by Crippen LogP contribution is -2.58. The first-order valence-corrected chi connectivity index (χ1v) is 10.7. The molecule has 2 rings (SSSR count). The number of thioether (sulfide) groups is 1. The largest absolute Gasteiger partial charge is 0.444 e. The quantitative estimate of drug-likeness (QED) is 0.819. The molecule has 1 saturated carbocycles. The Balaban J connectivity index is 1.90. The van der Waals surface area contributed by atoms with Crippen LogP contribution < -0.4 is 5.32 Å². The maximum absolute atomic E-state index is 12.4. The van der Waals surface area contributed by atoms with E-state index < -0.39 is 5.60 Å². The Hall–Kier alpha value is -0.420. The van der Waals surface area contributed by atoms with E-state index in [0.717, 1.165) is 24.8 Å². The number of ether oxygens (including phenoxy) is 1. The molecule has 1 N–H and O–H groups in total. The lowest BCUT2D eigenvalue weighted by atomic mass is 9.78. The number of nitrogens with one attached hydrogen (secondary N) is 1. The molecule has 2 fully saturated rings. The molecule has 1 aliphatic heterocycles. The first-order chi connectivity index (χ1) is 11.1. The van der Waals surface area contributed by atoms with E-state index in [1.807, 2.05) is 37.4 Å². The molecule has 0 aromatic carbocycles. The van der Waals surface area contributed by atoms with Gasteiger partial charge in [-0.3, -0.25) is 0 Å². The van der Waals surface area contributed by atoms with E-state index in [9.17, 15) is 4.79 Å². The summed E-state index contributed by atoms with van der Waals surface area (Å²) in [5.41, 5.74) is -0.354. The predicted molar refractivity (Wildman–Crippen MR) is 103 cm³/mol. The van der Waals surface area contributed by atoms with Crippen LogP contribution in [-0.4, -0.2) is 53.3 Å². The number of hydrogen-bond donors (Lipinski definition) is 1. The van der Waals surface area contributed by atoms with E-state index in [-0.39, 0.29) is 11.5 Å². The highest BCUT2D eigenvalue weighted by Crippen LogP contribution is 2.33. The van der Waals surface area contributed by atoms with Crippen molar-refractivity contribution in [3.63, 3.8) is 0 Å². The van der Waals surface area contributed by atoms with Gasteiger partial charge in [0.15, 0.2) is 0 Å². The first kappa shape index (κ1) is 19.9. The molecule has 0 aromatic heterocycles. The Morgan fingerprint density at radius 2 is 1.96 bits per heavy atom. The summed E-state index contributed by atoms with van der Waals surface area (Å²) >= 11 is 2.01. The molecule has 1 heterocycles. The lowest BCUT2D eigenvalue weighted by molar-refractivity contribution is 0.000733. The summed E-state index contributed by atoms with van der Waals surface area (Å²) in [4.78, 5) is 14.2. The van der Waals surface area contributed by atoms with Gasteiger partial charge < -0.3 is 15.0 Å². The average Bonchev–Trinajstić information content (AvgIpc) is 2.47. The second kappa shape index (κ2) is 7.86. The summed E-state index contributed by atoms with van der Waals surface area (Å²) in [6.07, 6.45) is 8.33. The monoisotopic (exact) mass is 356 g/mol. The zero-order valence-electron chi connectivity index (χ0n) is 16.4. The molecule has 0 spiro atoms. The maximum atomic E-state index is 12.4. The molecule has 1 amide bonds. The number of hydrogen-bond acceptors (Lipinski definition) is 4. The molecule has 0 bridgehead atoms. The minimum absolute atomic E-state index is 0.0709. The van der Waals surface area contributed by atoms with Gasteiger partial charge in [-0.1, -0.05) is 20.3 Å². The fourth-order valence-electron chi connectivity index (χ4n) is 3.94. The van der Waals surface area contributed by atoms with Crippen LogP contribution in [-0.2, 0) is 4.74 Å². The predicted octanol–water partition coefficient (Wildman–Crippen LogP) is 4.29. The molecule has 3 atom stereocenters. The maximum Gasteiger partial charge on any atom is 0.410 e. The van der Waals surface area contributed by atoms with Gasteiger partial charge in [-0.15, -0.1) is 0 Å². The van der Waals surface area contributed by atoms with Gasteiger partial charge in [0.1, 0.15) is 5.60 Å². The van der Waals surface area contributed by atoms with E-state index >= 15 is 0 Å². The number of likely N-dealkylation sites (tertiary alicyclic amines) is 1. The molecule has 0 aromatic rings. The third kappa shape index (κ3) is 5.55. The van der Waals surface area contributed by atoms with E-state index in [1.54, 1.807) is 0 Å². The van der Waals surface area contributed by atoms with Crippen molar-refractivity contribution in [2.45, 2.75) is 89.7 Å². The minimum Gasteiger partial charge on any atom is -0.444 e. The van der Waals surface area contributed by atoms with Gasteiger partial charge in [0.25, 0.3) is 0 Å². The standard InChI is InChI=1S/C19H36N2O2S/c1-18(2,3)23-17(22)21-11-10-16(19(4,5)13-21)20-14-8-7-9-15(12-14)24-6/h14-16,20H,7-13H2,1-6H3. The van der Waals surface area contributed by atoms with Crippen LogP contribution in [0.25, 0.3) is 0 Å². The van der Waals surface area contributed by atoms with Crippen LogP contribution in [0.4, 0.5) is 4.79 Å². The number of carbonyl (C=O) groups is 1. The second-order valence-corrected chi connectivity index (χ2v) is 10.3. The molecule has 1 aliphatic carbocycles. The molecule has 2 aliphatic rings. The van der Waals surface area contributed by atoms with Crippen LogP contribution in [0.5, 0.6) is 0 Å². The molecular weight excluding hydrogens is 320 g/mol. The Kier molecular flexibility index (Phi) is 6.52. The van der Waals surface area contributed by atoms with Crippen LogP contribution in [0, 0.1) is 5.41 Å². The van der Waals surface area contributed by atoms with Gasteiger partial charge in [0.2, 0.25) is 0 Å². The molecule has 5 heteroatoms. The van der Waals surface area contributed by atoms with Gasteiger partial charge in [-0.2, -0.15) is 11.8 Å². The topological polar surface area (TPSA) is 41.6 Å². The zero-order chi connectivity index (χ0) is 18.0. The Morgan fingerprint density at radius 1 is 1.25 bits per heavy atom. The number of amides is 1. The lowest BCUT2D eigenvalue weighted by Gasteiger charge is -2.46. The summed E-state index contributed by atoms with van der Waals surface area (Å²) in [6, 6.07) is 1.11. The van der Waals surface area contributed by atoms with E-state index in [2.05, 4.69) is 25.4 Å². The molecule has 0 radical (unpaired) electrons. The van der Waals surface area contributed by atoms with Crippen molar-refractivity contribution < 1.29 is 9.53 Å². The van der Waals surface area contributed by atoms with Gasteiger partial charge in [-0.05, 0) is 58.1 Å². The van der Waals surface area contributed by atoms with Crippen molar-refractivity contribution in [2.24, 2.45) is 5.41 Å². The van der Waals surface area contributed by atoms with E-state index in [4.69, 9.17) is 4.74 Å². The number of carbonyl (C=O) groups excluding carboxylic acids is 1. The van der Waals surface area contributed by atoms with Gasteiger partial charge in [0.05, 0.1) is 0 Å². The normalized spacial score (nSPS) is 30.9. The minimum atomic E-state index is -0.425. The molecule has 4 nitrogen and oxygen atoms in total. The SMILES string of the molecule is CSC1CCCC(NC2CCN(C(=O)OC(C)(C)C)CC2(C)C)C1. The van der Waals surface area contributed by atoms with Gasteiger partial charge >= 0.3 is 6.09 Å². The summed E-state index contributed by atoms with van der Waals surface area (Å²) in [7, 11) is 0. The molecule has 1 saturated heterocycles. The molecule has 24 heavy (non-hydrogen) atoms. The van der Waals surface area contributed by atoms with Gasteiger partial charge in [0, 0.05) is 30.4 Å². The highest BCUT2D eigenvalue weighted by molar-refractivity contribution is 7.99. The van der Waals surface area contributed by atoms with Crippen molar-refractivity contribution in [3.05, 3.63) is 0 Å². The number of nitrogens with zero attached hydrogens (tertiary/aromatic N) is 1. The van der Waals surface area contributed by atoms with Crippen LogP contribution in [0.15, 0.2) is 0 Å². The number of piperidine rings is 1. The van der Waals surface area contributed by atoms with Crippen LogP contribution in [0.3, 0.4) is 0 Å². The smallest absolute Gasteiger partial charge is 0.410 e. The highest BCUT2D eigenvalue weighted by Gasteiger charge is 2.40. The van der Waals surface area contributed by atoms with Crippen LogP contribution >= 0.6 is 11.8 Å². The Bertz CT molecular complexity index is 434. The molecule has 3 unspecified atom stereocenters. The fraction of sp³-hybridized carbons (Fsp3) is 0.947. The average molecular weight is 357 g/mol. The highest BCUT2D eigenvalue weighted by atomic mass is 32.2. The van der Waals surface area contributed by atoms with Crippen molar-refractivity contribution in [2.75, 3.05) is 19.3 Å². The second-order valence-electron chi connectivity index (χ2n) is 9.12. The third-order valence-corrected chi connectivity index (χ3v) is 6.37. The Morgan fingerprint density at radius 3 is 2.54 bits per heavy atom. The third-order valence-electron chi connectivity index (χ3n) is 5.28. The summed E-state index contributed by atoms with van der Waals surface area (Å²) < 4.78 is 5.55. The molecule has 140 valence electrons. The van der Waals surface area contributed by atoms with Crippen molar-refractivity contribution >= 4 is 17.9 Å². The summed E-state index contributed by atoms with van der Waals surface area (Å²) in [5, 5.41) is 4.73. The zero-order valence-corrected chi connectivity index (χ0v) is 17.2. The fourth-order valence-corrected chi connectivity index (χ4v) is 4.77. The van der Waals surface area contributed by atoms with Crippen LogP contribution in [0.2, 0.25) is 0 Å². The van der Waals surface area contributed by atoms with Crippen molar-refractivity contribution in [1.82, 2.24) is 10.2 Å². The summed E-state index contributed by atoms with van der Waals surface area (Å²) in [6.45, 7) is 11.9. The summed E-state index contributed by atoms with van der Waals surface area (Å²) in [5.74, 6) is 0. The van der Waals surface area contributed by atoms with Crippen LogP contribution in [0.1, 0.15) is 66.7 Å². The van der Waals surface area contributed by atoms with Crippen molar-refractivity contribution in [3.8, 4) is 0 Å². The molecular formula is C19H36N2O2S. The van der Waals surface area contributed by atoms with Gasteiger partial charge in [-0.25, -0.2) is 4.79 Å². The number of rotatable bonds is 3. The van der Waals surface area contributed by atoms with E-state index in [1.165, 1.54) is 25.7 Å². The first-order valence-electron chi connectivity index (χ1n) is 9.37. The van der Waals surface area contributed by atoms with Crippen molar-refractivity contribution in [1.29, 1.82) is 0 Å². The van der Waals surface area contributed by atoms with E-state index in [0.29, 0.717) is 12.1 Å².